The van der Waals surface area contributed by atoms with Crippen molar-refractivity contribution < 1.29 is 33.6 Å². The maximum Gasteiger partial charge on any atom is 0.289 e. The van der Waals surface area contributed by atoms with Crippen molar-refractivity contribution in [2.45, 2.75) is 138 Å². The molecule has 0 spiro atoms. The maximum atomic E-state index is 14.5. The summed E-state index contributed by atoms with van der Waals surface area (Å²) in [4.78, 5) is 89.8. The Morgan fingerprint density at radius 1 is 0.942 bits per heavy atom. The van der Waals surface area contributed by atoms with Crippen molar-refractivity contribution in [2.24, 2.45) is 45.3 Å². The minimum absolute atomic E-state index is 0.0516. The fraction of sp³-hybridized carbons (Fsp3) is 0.846. The van der Waals surface area contributed by atoms with E-state index in [2.05, 4.69) is 35.3 Å². The predicted octanol–water partition coefficient (Wildman–Crippen LogP) is 2.92. The Kier molecular flexibility index (Phi) is 10.9. The van der Waals surface area contributed by atoms with Gasteiger partial charge < -0.3 is 15.5 Å². The zero-order valence-corrected chi connectivity index (χ0v) is 33.4. The maximum absolute atomic E-state index is 14.5. The van der Waals surface area contributed by atoms with Gasteiger partial charge in [0, 0.05) is 32.5 Å². The molecule has 292 valence electrons. The lowest BCUT2D eigenvalue weighted by Crippen LogP contribution is -2.61. The first-order valence-electron chi connectivity index (χ1n) is 19.3. The zero-order chi connectivity index (χ0) is 38.8. The first kappa shape index (κ1) is 40.3. The molecule has 13 heteroatoms. The molecule has 0 unspecified atom stereocenters. The predicted molar refractivity (Wildman–Crippen MR) is 195 cm³/mol. The van der Waals surface area contributed by atoms with Crippen LogP contribution < -0.4 is 21.4 Å². The van der Waals surface area contributed by atoms with Gasteiger partial charge in [-0.25, -0.2) is 0 Å². The molecule has 5 rings (SSSR count). The van der Waals surface area contributed by atoms with Crippen LogP contribution >= 0.6 is 0 Å². The van der Waals surface area contributed by atoms with E-state index in [1.807, 2.05) is 62.3 Å². The van der Waals surface area contributed by atoms with Crippen LogP contribution in [0.25, 0.3) is 0 Å². The molecule has 5 fully saturated rings. The Hall–Kier alpha value is -2.90. The summed E-state index contributed by atoms with van der Waals surface area (Å²) in [6.45, 7) is 22.9. The third-order valence-corrected chi connectivity index (χ3v) is 12.5. The minimum Gasteiger partial charge on any atom is -0.349 e. The van der Waals surface area contributed by atoms with Gasteiger partial charge in [0.25, 0.3) is 5.91 Å². The average molecular weight is 729 g/mol. The number of Topliss-reactive ketones (excluding diaryl/α,β-unsaturated/α-hetero) is 1. The van der Waals surface area contributed by atoms with Crippen LogP contribution in [0, 0.1) is 45.3 Å². The molecule has 2 saturated heterocycles. The molecule has 7 atom stereocenters. The molecule has 2 heterocycles. The molecule has 0 aromatic carbocycles. The number of amides is 5. The minimum atomic E-state index is -1.24. The van der Waals surface area contributed by atoms with Crippen LogP contribution in [-0.4, -0.2) is 95.1 Å². The van der Waals surface area contributed by atoms with E-state index in [0.717, 1.165) is 12.8 Å². The molecule has 3 aliphatic carbocycles. The van der Waals surface area contributed by atoms with E-state index < -0.39 is 34.7 Å². The lowest BCUT2D eigenvalue weighted by Gasteiger charge is -2.40. The van der Waals surface area contributed by atoms with E-state index in [4.69, 9.17) is 4.84 Å². The lowest BCUT2D eigenvalue weighted by molar-refractivity contribution is -0.155. The Bertz CT molecular complexity index is 1440. The number of imide groups is 1. The number of rotatable bonds is 15. The van der Waals surface area contributed by atoms with E-state index in [9.17, 15) is 28.8 Å². The molecule has 4 N–H and O–H groups in total. The van der Waals surface area contributed by atoms with Crippen molar-refractivity contribution in [3.8, 4) is 0 Å². The first-order chi connectivity index (χ1) is 23.9. The highest BCUT2D eigenvalue weighted by atomic mass is 16.7. The van der Waals surface area contributed by atoms with Gasteiger partial charge in [-0.3, -0.25) is 43.8 Å². The molecule has 0 aromatic heterocycles. The van der Waals surface area contributed by atoms with Crippen LogP contribution in [-0.2, 0) is 33.6 Å². The molecule has 5 aliphatic rings. The number of carbonyl (C=O) groups is 6. The molecule has 0 bridgehead atoms. The van der Waals surface area contributed by atoms with Gasteiger partial charge in [0.1, 0.15) is 18.3 Å². The van der Waals surface area contributed by atoms with Crippen LogP contribution in [0.15, 0.2) is 0 Å². The van der Waals surface area contributed by atoms with E-state index >= 15 is 0 Å². The Morgan fingerprint density at radius 3 is 2.08 bits per heavy atom. The topological polar surface area (TPSA) is 166 Å². The van der Waals surface area contributed by atoms with Gasteiger partial charge in [-0.15, -0.1) is 0 Å². The highest BCUT2D eigenvalue weighted by Gasteiger charge is 2.71. The summed E-state index contributed by atoms with van der Waals surface area (Å²) in [6, 6.07) is -1.88. The van der Waals surface area contributed by atoms with Crippen molar-refractivity contribution in [3.63, 3.8) is 0 Å². The highest BCUT2D eigenvalue weighted by Crippen LogP contribution is 2.65. The molecule has 2 aliphatic heterocycles. The van der Waals surface area contributed by atoms with Crippen LogP contribution in [0.5, 0.6) is 0 Å². The molecule has 13 nitrogen and oxygen atoms in total. The second-order valence-electron chi connectivity index (χ2n) is 19.9. The summed E-state index contributed by atoms with van der Waals surface area (Å²) in [5.74, 6) is -1.89. The molecular formula is C39H64N6O7. The largest absolute Gasteiger partial charge is 0.349 e. The SMILES string of the molecule is CC[C@@H]1C[C@@]1(NC(=O)[C@@H]1[C@@H]2[C@H](CN1C(=O)[C@@H](NCON[C@H](CN1C(=O)CC(C)(C)CC1=O)C(C)(C)C)C(C)(C)C)C2(C)C)C(=O)C(=O)NCC1CC1. The summed E-state index contributed by atoms with van der Waals surface area (Å²) in [5, 5.41) is 9.06. The van der Waals surface area contributed by atoms with Gasteiger partial charge in [-0.1, -0.05) is 82.6 Å². The van der Waals surface area contributed by atoms with Crippen LogP contribution in [0.3, 0.4) is 0 Å². The summed E-state index contributed by atoms with van der Waals surface area (Å²) >= 11 is 0. The van der Waals surface area contributed by atoms with Crippen LogP contribution in [0.2, 0.25) is 0 Å². The van der Waals surface area contributed by atoms with Crippen molar-refractivity contribution in [1.29, 1.82) is 0 Å². The third kappa shape index (κ3) is 8.26. The van der Waals surface area contributed by atoms with Crippen molar-refractivity contribution >= 4 is 35.3 Å². The van der Waals surface area contributed by atoms with Crippen LogP contribution in [0.1, 0.15) is 115 Å². The van der Waals surface area contributed by atoms with Gasteiger partial charge in [0.15, 0.2) is 0 Å². The van der Waals surface area contributed by atoms with Crippen LogP contribution in [0.4, 0.5) is 0 Å². The van der Waals surface area contributed by atoms with Gasteiger partial charge in [0.05, 0.1) is 12.1 Å². The second-order valence-corrected chi connectivity index (χ2v) is 19.9. The standard InChI is InChI=1S/C39H64N6O7/c1-12-23-15-39(23,31(48)33(50)40-18-22-13-14-22)42-32(49)29-28-24(38(28,10)11)19-45(29)34(51)30(36(5,6)7)41-21-52-43-25(35(2,3)4)20-44-26(46)16-37(8,9)17-27(44)47/h22-25,28-30,41,43H,12-21H2,1-11H3,(H,40,50)(H,42,49)/t23-,24+,25-,28+,29+,30-,39+/m1/s1. The van der Waals surface area contributed by atoms with Gasteiger partial charge in [-0.2, -0.15) is 5.48 Å². The monoisotopic (exact) mass is 728 g/mol. The van der Waals surface area contributed by atoms with Crippen molar-refractivity contribution in [3.05, 3.63) is 0 Å². The quantitative estimate of drug-likeness (QED) is 0.0652. The van der Waals surface area contributed by atoms with Gasteiger partial charge in [-0.05, 0) is 64.6 Å². The van der Waals surface area contributed by atoms with Crippen molar-refractivity contribution in [2.75, 3.05) is 26.4 Å². The smallest absolute Gasteiger partial charge is 0.289 e. The molecular weight excluding hydrogens is 664 g/mol. The number of hydrogen-bond donors (Lipinski definition) is 4. The molecule has 3 saturated carbocycles. The summed E-state index contributed by atoms with van der Waals surface area (Å²) in [7, 11) is 0. The Balaban J connectivity index is 1.25. The normalized spacial score (nSPS) is 30.4. The molecule has 0 radical (unpaired) electrons. The summed E-state index contributed by atoms with van der Waals surface area (Å²) < 4.78 is 0. The van der Waals surface area contributed by atoms with E-state index in [-0.39, 0.29) is 76.9 Å². The zero-order valence-electron chi connectivity index (χ0n) is 33.4. The number of hydroxylamine groups is 1. The fourth-order valence-electron chi connectivity index (χ4n) is 8.54. The molecule has 0 aromatic rings. The number of hydrogen-bond acceptors (Lipinski definition) is 9. The number of ketones is 1. The Labute approximate surface area is 309 Å². The number of carbonyl (C=O) groups excluding carboxylic acids is 6. The van der Waals surface area contributed by atoms with E-state index in [0.29, 0.717) is 44.7 Å². The molecule has 52 heavy (non-hydrogen) atoms. The summed E-state index contributed by atoms with van der Waals surface area (Å²) in [5.41, 5.74) is 0.376. The van der Waals surface area contributed by atoms with Gasteiger partial charge >= 0.3 is 0 Å². The summed E-state index contributed by atoms with van der Waals surface area (Å²) in [6.07, 6.45) is 3.75. The first-order valence-corrected chi connectivity index (χ1v) is 19.3. The fourth-order valence-corrected chi connectivity index (χ4v) is 8.54. The number of nitrogens with one attached hydrogen (secondary N) is 4. The van der Waals surface area contributed by atoms with Crippen molar-refractivity contribution in [1.82, 2.24) is 31.2 Å². The third-order valence-electron chi connectivity index (χ3n) is 12.5. The number of piperidine rings is 2. The molecule has 5 amide bonds. The highest BCUT2D eigenvalue weighted by molar-refractivity contribution is 6.41. The van der Waals surface area contributed by atoms with Gasteiger partial charge in [0.2, 0.25) is 29.4 Å². The number of likely N-dealkylation sites (tertiary alicyclic amines) is 2. The Morgan fingerprint density at radius 2 is 1.56 bits per heavy atom. The number of nitrogens with zero attached hydrogens (tertiary/aromatic N) is 2. The number of fused-ring (bicyclic) bond motifs is 1. The average Bonchev–Trinajstić information content (AvgIpc) is 3.97. The van der Waals surface area contributed by atoms with E-state index in [1.54, 1.807) is 4.90 Å². The lowest BCUT2D eigenvalue weighted by atomic mass is 9.80. The van der Waals surface area contributed by atoms with E-state index in [1.165, 1.54) is 4.90 Å². The second kappa shape index (κ2) is 14.1.